The first-order chi connectivity index (χ1) is 17.1. The quantitative estimate of drug-likeness (QED) is 0.548. The summed E-state index contributed by atoms with van der Waals surface area (Å²) in [6, 6.07) is 3.19. The Bertz CT molecular complexity index is 1200. The smallest absolute Gasteiger partial charge is 0.316 e. The third-order valence-corrected chi connectivity index (χ3v) is 6.86. The molecular formula is C26H28F4N4O2. The van der Waals surface area contributed by atoms with Crippen molar-refractivity contribution in [3.05, 3.63) is 70.8 Å². The molecule has 1 N–H and O–H groups in total. The molecule has 2 aliphatic rings. The van der Waals surface area contributed by atoms with Crippen LogP contribution in [0.4, 0.5) is 17.6 Å². The van der Waals surface area contributed by atoms with E-state index in [9.17, 15) is 22.4 Å². The molecule has 1 aliphatic heterocycles. The lowest BCUT2D eigenvalue weighted by Crippen LogP contribution is -2.41. The number of alkyl halides is 2. The highest BCUT2D eigenvalue weighted by Gasteiger charge is 2.44. The van der Waals surface area contributed by atoms with Crippen LogP contribution < -0.4 is 10.1 Å². The van der Waals surface area contributed by atoms with Crippen molar-refractivity contribution in [2.24, 2.45) is 11.8 Å². The van der Waals surface area contributed by atoms with Crippen LogP contribution in [0.25, 0.3) is 5.57 Å². The molecule has 2 unspecified atom stereocenters. The van der Waals surface area contributed by atoms with E-state index < -0.39 is 23.5 Å². The summed E-state index contributed by atoms with van der Waals surface area (Å²) >= 11 is 0. The predicted molar refractivity (Wildman–Crippen MR) is 126 cm³/mol. The van der Waals surface area contributed by atoms with E-state index in [0.717, 1.165) is 18.2 Å². The van der Waals surface area contributed by atoms with Crippen LogP contribution in [0.3, 0.4) is 0 Å². The average molecular weight is 505 g/mol. The van der Waals surface area contributed by atoms with Crippen LogP contribution >= 0.6 is 0 Å². The van der Waals surface area contributed by atoms with Crippen molar-refractivity contribution in [3.63, 3.8) is 0 Å². The summed E-state index contributed by atoms with van der Waals surface area (Å²) in [6.45, 7) is 2.20. The first-order valence-corrected chi connectivity index (χ1v) is 11.8. The van der Waals surface area contributed by atoms with Gasteiger partial charge in [-0.25, -0.2) is 27.5 Å². The van der Waals surface area contributed by atoms with Crippen LogP contribution in [-0.4, -0.2) is 47.4 Å². The lowest BCUT2D eigenvalue weighted by Gasteiger charge is -2.42. The van der Waals surface area contributed by atoms with E-state index in [0.29, 0.717) is 24.2 Å². The molecule has 1 aliphatic carbocycles. The molecule has 1 aromatic carbocycles. The van der Waals surface area contributed by atoms with Crippen molar-refractivity contribution in [3.8, 4) is 6.01 Å². The number of carbonyl (C=O) groups is 1. The number of hydrogen-bond acceptors (Lipinski definition) is 5. The molecule has 0 saturated heterocycles. The summed E-state index contributed by atoms with van der Waals surface area (Å²) in [6.07, 6.45) is 4.43. The fraction of sp³-hybridized carbons (Fsp3) is 0.423. The Hall–Kier alpha value is -3.43. The molecular weight excluding hydrogens is 476 g/mol. The van der Waals surface area contributed by atoms with Gasteiger partial charge in [0.15, 0.2) is 0 Å². The van der Waals surface area contributed by atoms with E-state index in [2.05, 4.69) is 15.3 Å². The minimum atomic E-state index is -2.76. The van der Waals surface area contributed by atoms with Gasteiger partial charge in [-0.3, -0.25) is 4.79 Å². The van der Waals surface area contributed by atoms with Gasteiger partial charge in [-0.05, 0) is 30.5 Å². The van der Waals surface area contributed by atoms with Gasteiger partial charge in [-0.1, -0.05) is 19.4 Å². The minimum absolute atomic E-state index is 0.0175. The number of nitrogens with zero attached hydrogens (tertiary/aromatic N) is 3. The normalized spacial score (nSPS) is 21.8. The van der Waals surface area contributed by atoms with Gasteiger partial charge in [-0.15, -0.1) is 0 Å². The van der Waals surface area contributed by atoms with E-state index >= 15 is 0 Å². The zero-order valence-electron chi connectivity index (χ0n) is 20.3. The van der Waals surface area contributed by atoms with Crippen molar-refractivity contribution < 1.29 is 27.1 Å². The molecule has 192 valence electrons. The Morgan fingerprint density at radius 2 is 1.97 bits per heavy atom. The first-order valence-electron chi connectivity index (χ1n) is 11.8. The molecule has 0 radical (unpaired) electrons. The van der Waals surface area contributed by atoms with Crippen molar-refractivity contribution in [2.45, 2.75) is 38.5 Å². The van der Waals surface area contributed by atoms with Crippen LogP contribution in [-0.2, 0) is 0 Å². The zero-order chi connectivity index (χ0) is 26.0. The molecule has 10 heteroatoms. The Labute approximate surface area is 207 Å². The Kier molecular flexibility index (Phi) is 7.33. The largest absolute Gasteiger partial charge is 0.467 e. The molecule has 4 rings (SSSR count). The zero-order valence-corrected chi connectivity index (χ0v) is 20.3. The number of nitrogens with one attached hydrogen (secondary N) is 1. The number of hydrogen-bond donors (Lipinski definition) is 1. The summed E-state index contributed by atoms with van der Waals surface area (Å²) < 4.78 is 62.5. The number of ether oxygens (including phenoxy) is 1. The van der Waals surface area contributed by atoms with Crippen molar-refractivity contribution >= 4 is 11.5 Å². The number of aromatic nitrogens is 2. The molecule has 2 aromatic rings. The molecule has 2 atom stereocenters. The Morgan fingerprint density at radius 3 is 2.64 bits per heavy atom. The minimum Gasteiger partial charge on any atom is -0.467 e. The molecule has 36 heavy (non-hydrogen) atoms. The van der Waals surface area contributed by atoms with Crippen molar-refractivity contribution in [1.82, 2.24) is 20.2 Å². The number of benzene rings is 1. The summed E-state index contributed by atoms with van der Waals surface area (Å²) in [4.78, 5) is 23.0. The maximum atomic E-state index is 14.9. The van der Waals surface area contributed by atoms with Gasteiger partial charge < -0.3 is 15.0 Å². The van der Waals surface area contributed by atoms with Crippen LogP contribution in [0.2, 0.25) is 0 Å². The van der Waals surface area contributed by atoms with E-state index in [1.165, 1.54) is 19.5 Å². The van der Waals surface area contributed by atoms with Gasteiger partial charge in [-0.2, -0.15) is 0 Å². The second-order valence-electron chi connectivity index (χ2n) is 9.17. The lowest BCUT2D eigenvalue weighted by atomic mass is 9.72. The van der Waals surface area contributed by atoms with Crippen LogP contribution in [0.15, 0.2) is 48.1 Å². The van der Waals surface area contributed by atoms with Crippen LogP contribution in [0.5, 0.6) is 6.01 Å². The number of halogens is 4. The average Bonchev–Trinajstić information content (AvgIpc) is 2.86. The summed E-state index contributed by atoms with van der Waals surface area (Å²) in [7, 11) is 3.19. The van der Waals surface area contributed by atoms with Crippen molar-refractivity contribution in [1.29, 1.82) is 0 Å². The molecule has 0 spiro atoms. The molecule has 1 saturated carbocycles. The summed E-state index contributed by atoms with van der Waals surface area (Å²) in [5, 5.41) is 2.84. The molecule has 1 fully saturated rings. The number of carbonyl (C=O) groups excluding carboxylic acids is 1. The maximum absolute atomic E-state index is 14.9. The second kappa shape index (κ2) is 10.3. The Balaban J connectivity index is 1.82. The van der Waals surface area contributed by atoms with E-state index in [1.54, 1.807) is 13.1 Å². The fourth-order valence-corrected chi connectivity index (χ4v) is 5.05. The van der Waals surface area contributed by atoms with E-state index in [-0.39, 0.29) is 53.9 Å². The second-order valence-corrected chi connectivity index (χ2v) is 9.17. The third-order valence-electron chi connectivity index (χ3n) is 6.86. The van der Waals surface area contributed by atoms with Crippen molar-refractivity contribution in [2.75, 3.05) is 20.7 Å². The standard InChI is InChI=1S/C26H28F4N4O2/c1-4-15-12-26(29,30)9-7-18(15)23-22(33-24(35)16-13-31-25(36-3)32-14-16)19(8-10-34(23)2)20-11-17(27)5-6-21(20)28/h5-6,8,11,13-15,18H,4,7,9-10,12H2,1-3H3,(H,33,35). The monoisotopic (exact) mass is 504 g/mol. The lowest BCUT2D eigenvalue weighted by molar-refractivity contribution is -0.0676. The van der Waals surface area contributed by atoms with E-state index in [4.69, 9.17) is 4.74 Å². The van der Waals surface area contributed by atoms with Gasteiger partial charge in [0.2, 0.25) is 5.92 Å². The molecule has 1 aromatic heterocycles. The summed E-state index contributed by atoms with van der Waals surface area (Å²) in [5.41, 5.74) is 1.30. The maximum Gasteiger partial charge on any atom is 0.316 e. The van der Waals surface area contributed by atoms with Gasteiger partial charge in [0.1, 0.15) is 11.6 Å². The first kappa shape index (κ1) is 25.7. The van der Waals surface area contributed by atoms with Gasteiger partial charge in [0.05, 0.1) is 18.4 Å². The number of allylic oxidation sites excluding steroid dienone is 2. The van der Waals surface area contributed by atoms with Crippen LogP contribution in [0, 0.1) is 23.5 Å². The van der Waals surface area contributed by atoms with E-state index in [1.807, 2.05) is 11.8 Å². The highest BCUT2D eigenvalue weighted by Crippen LogP contribution is 2.47. The topological polar surface area (TPSA) is 67.3 Å². The fourth-order valence-electron chi connectivity index (χ4n) is 5.05. The predicted octanol–water partition coefficient (Wildman–Crippen LogP) is 5.20. The molecule has 0 bridgehead atoms. The number of rotatable bonds is 6. The Morgan fingerprint density at radius 1 is 1.25 bits per heavy atom. The van der Waals surface area contributed by atoms with Gasteiger partial charge in [0, 0.05) is 61.6 Å². The molecule has 2 heterocycles. The van der Waals surface area contributed by atoms with Gasteiger partial charge >= 0.3 is 6.01 Å². The SMILES string of the molecule is CCC1CC(F)(F)CCC1C1=C(NC(=O)c2cnc(OC)nc2)C(c2cc(F)ccc2F)=CCN1C. The van der Waals surface area contributed by atoms with Crippen LogP contribution in [0.1, 0.15) is 48.5 Å². The highest BCUT2D eigenvalue weighted by molar-refractivity contribution is 5.98. The summed E-state index contributed by atoms with van der Waals surface area (Å²) in [5.74, 6) is -5.28. The number of methoxy groups -OCH3 is 1. The number of likely N-dealkylation sites (N-methyl/N-ethyl adjacent to an activating group) is 1. The third kappa shape index (κ3) is 5.22. The van der Waals surface area contributed by atoms with Gasteiger partial charge in [0.25, 0.3) is 5.91 Å². The molecule has 1 amide bonds. The number of amides is 1. The molecule has 6 nitrogen and oxygen atoms in total. The highest BCUT2D eigenvalue weighted by atomic mass is 19.3.